The number of fused-ring (bicyclic) bond motifs is 2. The third-order valence-corrected chi connectivity index (χ3v) is 14.3. The van der Waals surface area contributed by atoms with Gasteiger partial charge in [-0.3, -0.25) is 4.79 Å². The molecule has 0 spiro atoms. The molecule has 0 atom stereocenters. The Bertz CT molecular complexity index is 2630. The Labute approximate surface area is 400 Å². The molecule has 5 heterocycles. The van der Waals surface area contributed by atoms with Crippen molar-refractivity contribution in [2.75, 3.05) is 5.73 Å². The molecule has 0 aliphatic heterocycles. The van der Waals surface area contributed by atoms with Crippen LogP contribution in [-0.2, 0) is 17.6 Å². The Balaban J connectivity index is 0.000000874. The van der Waals surface area contributed by atoms with Crippen LogP contribution in [0.25, 0.3) is 11.3 Å². The molecule has 2 N–H and O–H groups in total. The first-order chi connectivity index (χ1) is 29.5. The molecule has 0 bridgehead atoms. The number of pyridine rings is 3. The summed E-state index contributed by atoms with van der Waals surface area (Å²) in [6.07, 6.45) is 10.2. The Morgan fingerprint density at radius 2 is 0.954 bits per heavy atom. The quantitative estimate of drug-likeness (QED) is 0.130. The van der Waals surface area contributed by atoms with Crippen LogP contribution in [0.2, 0.25) is 39.3 Å². The van der Waals surface area contributed by atoms with Crippen molar-refractivity contribution in [2.24, 2.45) is 5.92 Å². The molecule has 0 unspecified atom stereocenters. The van der Waals surface area contributed by atoms with E-state index in [2.05, 4.69) is 165 Å². The lowest BCUT2D eigenvalue weighted by atomic mass is 10.0. The molecule has 5 aromatic heterocycles. The molecule has 5 rings (SSSR count). The SMILES string of the molecule is C.C#CCCc1nc2c(C)c(C)c(C)c(C)n2c1C.CC(C)C(=O)CCC#C[Si](C)(C)C.Cc1c(C)c(C)n2c(C)c(CCC#C[Si](C)(C)C)nc2c1C.Cc1nc(N)c(C)c(C)c1C.[2HH]. The lowest BCUT2D eigenvalue weighted by Crippen LogP contribution is -2.16. The van der Waals surface area contributed by atoms with Crippen molar-refractivity contribution < 1.29 is 6.22 Å². The predicted octanol–water partition coefficient (Wildman–Crippen LogP) is 13.8. The number of imidazole rings is 2. The second-order valence-electron chi connectivity index (χ2n) is 19.9. The van der Waals surface area contributed by atoms with E-state index < -0.39 is 16.1 Å². The number of carbonyl (C=O) groups excluding carboxylic acids is 1. The maximum atomic E-state index is 11.2. The van der Waals surface area contributed by atoms with E-state index in [-0.39, 0.29) is 14.8 Å². The second kappa shape index (κ2) is 24.6. The number of terminal acetylenes is 1. The number of aromatic nitrogens is 5. The largest absolute Gasteiger partial charge is 0.383 e. The van der Waals surface area contributed by atoms with E-state index in [1.807, 2.05) is 27.7 Å². The van der Waals surface area contributed by atoms with E-state index in [1.54, 1.807) is 0 Å². The molecule has 0 aromatic carbocycles. The molecule has 0 aliphatic rings. The van der Waals surface area contributed by atoms with Crippen molar-refractivity contribution in [3.05, 3.63) is 89.9 Å². The molecule has 356 valence electrons. The zero-order chi connectivity index (χ0) is 49.2. The predicted molar refractivity (Wildman–Crippen MR) is 291 cm³/mol. The van der Waals surface area contributed by atoms with Gasteiger partial charge < -0.3 is 14.5 Å². The van der Waals surface area contributed by atoms with Gasteiger partial charge in [-0.25, -0.2) is 15.0 Å². The van der Waals surface area contributed by atoms with E-state index in [9.17, 15) is 4.79 Å². The topological polar surface area (TPSA) is 90.6 Å². The molecule has 0 fully saturated rings. The summed E-state index contributed by atoms with van der Waals surface area (Å²) in [7, 11) is -2.49. The number of aryl methyl sites for hydroxylation is 9. The van der Waals surface area contributed by atoms with Gasteiger partial charge in [0.2, 0.25) is 0 Å². The number of ketones is 1. The average Bonchev–Trinajstić information content (AvgIpc) is 3.73. The summed E-state index contributed by atoms with van der Waals surface area (Å²) in [5.41, 5.74) is 34.6. The Morgan fingerprint density at radius 3 is 1.34 bits per heavy atom. The average molecular weight is 919 g/mol. The molecule has 5 aromatic rings. The van der Waals surface area contributed by atoms with Gasteiger partial charge in [-0.15, -0.1) is 35.3 Å². The van der Waals surface area contributed by atoms with Crippen molar-refractivity contribution in [2.45, 2.75) is 196 Å². The molecule has 7 nitrogen and oxygen atoms in total. The first-order valence-electron chi connectivity index (χ1n) is 23.0. The number of nitrogens with two attached hydrogens (primary N) is 1. The third kappa shape index (κ3) is 15.6. The number of anilines is 1. The molecule has 0 amide bonds. The maximum Gasteiger partial charge on any atom is 0.140 e. The van der Waals surface area contributed by atoms with Gasteiger partial charge in [0, 0.05) is 74.3 Å². The van der Waals surface area contributed by atoms with Crippen molar-refractivity contribution in [3.63, 3.8) is 0 Å². The van der Waals surface area contributed by atoms with Gasteiger partial charge >= 0.3 is 0 Å². The standard InChI is InChI=1S/C19H28N2Si.C16H20N2.C11H20OSi.C9H14N2.CH4.H2/c1-13-14(2)16(4)21-17(5)18(20-19(21)15(13)3)11-9-10-12-22(6,7)8;1-7-8-9-15-14(6)18-13(5)11(3)10(2)12(4)16(18)17-15;1-10(2)11(12)8-6-7-9-13(3,4)5;1-5-6(2)8(4)11-9(10)7(5)3;;/h9,11H2,1-8H3;1H,8-9H2,2-6H3;10H,6,8H2,1-5H3;1-4H3,(H2,10,11);1H4;1H/i;;;;;1+1. The van der Waals surface area contributed by atoms with Crippen LogP contribution in [0.1, 0.15) is 138 Å². The zero-order valence-corrected chi connectivity index (χ0v) is 46.1. The molecule has 0 aliphatic carbocycles. The van der Waals surface area contributed by atoms with Crippen LogP contribution in [0.3, 0.4) is 0 Å². The highest BCUT2D eigenvalue weighted by atomic mass is 28.3. The number of rotatable bonds is 7. The third-order valence-electron chi connectivity index (χ3n) is 12.5. The van der Waals surface area contributed by atoms with Crippen LogP contribution < -0.4 is 5.73 Å². The van der Waals surface area contributed by atoms with Gasteiger partial charge in [0.1, 0.15) is 39.0 Å². The highest BCUT2D eigenvalue weighted by Crippen LogP contribution is 2.27. The van der Waals surface area contributed by atoms with Gasteiger partial charge in [-0.05, 0) is 147 Å². The monoisotopic (exact) mass is 918 g/mol. The van der Waals surface area contributed by atoms with E-state index >= 15 is 0 Å². The number of nitrogens with zero attached hydrogens (tertiary/aromatic N) is 5. The lowest BCUT2D eigenvalue weighted by molar-refractivity contribution is -0.121. The van der Waals surface area contributed by atoms with Gasteiger partial charge in [-0.2, -0.15) is 0 Å². The van der Waals surface area contributed by atoms with Crippen LogP contribution in [0.5, 0.6) is 0 Å². The van der Waals surface area contributed by atoms with Gasteiger partial charge in [0.05, 0.1) is 11.4 Å². The van der Waals surface area contributed by atoms with Crippen molar-refractivity contribution >= 4 is 39.0 Å². The number of hydrogen-bond donors (Lipinski definition) is 1. The minimum atomic E-state index is -1.26. The van der Waals surface area contributed by atoms with Crippen molar-refractivity contribution in [1.82, 2.24) is 23.8 Å². The number of hydrogen-bond acceptors (Lipinski definition) is 5. The summed E-state index contributed by atoms with van der Waals surface area (Å²) in [4.78, 5) is 25.1. The van der Waals surface area contributed by atoms with Crippen LogP contribution in [0.15, 0.2) is 0 Å². The fourth-order valence-corrected chi connectivity index (χ4v) is 8.57. The smallest absolute Gasteiger partial charge is 0.140 e. The van der Waals surface area contributed by atoms with Crippen LogP contribution in [0.4, 0.5) is 5.82 Å². The van der Waals surface area contributed by atoms with Gasteiger partial charge in [0.25, 0.3) is 0 Å². The normalized spacial score (nSPS) is 10.9. The summed E-state index contributed by atoms with van der Waals surface area (Å²) >= 11 is 0. The summed E-state index contributed by atoms with van der Waals surface area (Å²) in [5.74, 6) is 10.3. The molecule has 9 heteroatoms. The summed E-state index contributed by atoms with van der Waals surface area (Å²) in [5, 5.41) is 0. The van der Waals surface area contributed by atoms with E-state index in [4.69, 9.17) is 22.1 Å². The fourth-order valence-electron chi connectivity index (χ4n) is 7.26. The second-order valence-corrected chi connectivity index (χ2v) is 29.4. The summed E-state index contributed by atoms with van der Waals surface area (Å²) in [6, 6.07) is 0. The van der Waals surface area contributed by atoms with Crippen LogP contribution >= 0.6 is 0 Å². The minimum Gasteiger partial charge on any atom is -0.383 e. The van der Waals surface area contributed by atoms with E-state index in [1.165, 1.54) is 73.0 Å². The molecule has 0 radical (unpaired) electrons. The van der Waals surface area contributed by atoms with Gasteiger partial charge in [0.15, 0.2) is 0 Å². The highest BCUT2D eigenvalue weighted by Gasteiger charge is 2.17. The molecule has 65 heavy (non-hydrogen) atoms. The number of carbonyl (C=O) groups is 1. The summed E-state index contributed by atoms with van der Waals surface area (Å²) < 4.78 is 4.59. The van der Waals surface area contributed by atoms with E-state index in [0.29, 0.717) is 18.0 Å². The van der Waals surface area contributed by atoms with Gasteiger partial charge in [-0.1, -0.05) is 60.6 Å². The van der Waals surface area contributed by atoms with Crippen molar-refractivity contribution in [1.29, 1.82) is 0 Å². The van der Waals surface area contributed by atoms with Crippen molar-refractivity contribution in [3.8, 4) is 35.3 Å². The highest BCUT2D eigenvalue weighted by molar-refractivity contribution is 6.84. The Morgan fingerprint density at radius 1 is 0.569 bits per heavy atom. The molecule has 0 saturated carbocycles. The summed E-state index contributed by atoms with van der Waals surface area (Å²) in [6.45, 7) is 47.3. The number of Topliss-reactive ketones (excluding diaryl/α,β-unsaturated/α-hetero) is 1. The zero-order valence-electron chi connectivity index (χ0n) is 44.1. The Kier molecular flexibility index (Phi) is 22.0. The first-order valence-corrected chi connectivity index (χ1v) is 30.0. The lowest BCUT2D eigenvalue weighted by Gasteiger charge is -2.12. The maximum absolute atomic E-state index is 11.2. The first kappa shape index (κ1) is 58.1. The molecular weight excluding hydrogens is 829 g/mol. The number of nitrogen functional groups attached to an aromatic ring is 1. The van der Waals surface area contributed by atoms with E-state index in [0.717, 1.165) is 60.3 Å². The Hall–Kier alpha value is -4.89. The minimum absolute atomic E-state index is 0. The van der Waals surface area contributed by atoms with Crippen LogP contribution in [0, 0.1) is 138 Å². The van der Waals surface area contributed by atoms with Crippen LogP contribution in [-0.4, -0.2) is 45.7 Å². The fraction of sp³-hybridized carbons (Fsp3) is 0.536. The molecule has 0 saturated heterocycles. The molecular formula is C56H88N6OSi2.